The van der Waals surface area contributed by atoms with Crippen molar-refractivity contribution in [2.75, 3.05) is 6.54 Å². The van der Waals surface area contributed by atoms with E-state index in [4.69, 9.17) is 17.3 Å². The average molecular weight is 333 g/mol. The van der Waals surface area contributed by atoms with E-state index < -0.39 is 5.97 Å². The lowest BCUT2D eigenvalue weighted by Gasteiger charge is -2.12. The van der Waals surface area contributed by atoms with Crippen molar-refractivity contribution < 1.29 is 14.7 Å². The molecule has 0 saturated carbocycles. The minimum Gasteiger partial charge on any atom is -0.481 e. The number of aliphatic carboxylic acids is 1. The number of hydrogen-bond donors (Lipinski definition) is 1. The highest BCUT2D eigenvalue weighted by Crippen LogP contribution is 2.32. The summed E-state index contributed by atoms with van der Waals surface area (Å²) in [6.07, 6.45) is 3.65. The summed E-state index contributed by atoms with van der Waals surface area (Å²) in [6.45, 7) is 2.02. The van der Waals surface area contributed by atoms with Gasteiger partial charge in [-0.05, 0) is 24.1 Å². The van der Waals surface area contributed by atoms with Crippen molar-refractivity contribution in [3.63, 3.8) is 0 Å². The van der Waals surface area contributed by atoms with Crippen LogP contribution in [0.3, 0.4) is 0 Å². The fraction of sp³-hybridized carbons (Fsp3) is 0.188. The number of carbonyl (C=O) groups excluding carboxylic acids is 1. The van der Waals surface area contributed by atoms with E-state index in [0.29, 0.717) is 9.23 Å². The molecule has 6 heteroatoms. The van der Waals surface area contributed by atoms with Gasteiger partial charge in [0.15, 0.2) is 0 Å². The van der Waals surface area contributed by atoms with E-state index in [-0.39, 0.29) is 18.9 Å². The molecule has 22 heavy (non-hydrogen) atoms. The van der Waals surface area contributed by atoms with Crippen molar-refractivity contribution in [1.82, 2.24) is 4.90 Å². The van der Waals surface area contributed by atoms with Crippen LogP contribution in [0, 0.1) is 0 Å². The molecule has 1 saturated heterocycles. The number of rotatable bonds is 5. The van der Waals surface area contributed by atoms with Crippen LogP contribution in [0.1, 0.15) is 18.9 Å². The highest BCUT2D eigenvalue weighted by atomic mass is 32.2. The van der Waals surface area contributed by atoms with Crippen molar-refractivity contribution in [2.24, 2.45) is 0 Å². The number of hydrogen-bond acceptors (Lipinski definition) is 4. The van der Waals surface area contributed by atoms with Gasteiger partial charge < -0.3 is 5.11 Å². The molecular formula is C16H15NO3S2. The Bertz CT molecular complexity index is 665. The maximum absolute atomic E-state index is 12.2. The van der Waals surface area contributed by atoms with Crippen molar-refractivity contribution in [3.05, 3.63) is 52.4 Å². The molecule has 1 amide bonds. The Morgan fingerprint density at radius 2 is 2.05 bits per heavy atom. The van der Waals surface area contributed by atoms with Crippen LogP contribution >= 0.6 is 24.0 Å². The van der Waals surface area contributed by atoms with Gasteiger partial charge in [-0.15, -0.1) is 0 Å². The summed E-state index contributed by atoms with van der Waals surface area (Å²) in [7, 11) is 0. The topological polar surface area (TPSA) is 57.6 Å². The van der Waals surface area contributed by atoms with Crippen molar-refractivity contribution >= 4 is 46.3 Å². The zero-order valence-corrected chi connectivity index (χ0v) is 13.6. The predicted molar refractivity (Wildman–Crippen MR) is 92.3 cm³/mol. The molecule has 0 aromatic heterocycles. The molecule has 2 rings (SSSR count). The maximum atomic E-state index is 12.2. The number of carbonyl (C=O) groups is 2. The molecule has 1 heterocycles. The number of nitrogens with zero attached hydrogens (tertiary/aromatic N) is 1. The average Bonchev–Trinajstić information content (AvgIpc) is 2.72. The van der Waals surface area contributed by atoms with E-state index in [2.05, 4.69) is 0 Å². The Morgan fingerprint density at radius 3 is 2.68 bits per heavy atom. The van der Waals surface area contributed by atoms with Gasteiger partial charge in [0.1, 0.15) is 4.32 Å². The van der Waals surface area contributed by atoms with E-state index in [1.54, 1.807) is 6.08 Å². The number of carboxylic acid groups (broad SMARTS) is 1. The first kappa shape index (κ1) is 16.5. The van der Waals surface area contributed by atoms with Crippen LogP contribution in [0.15, 0.2) is 46.9 Å². The van der Waals surface area contributed by atoms with Crippen LogP contribution in [0.2, 0.25) is 0 Å². The minimum atomic E-state index is -0.946. The Balaban J connectivity index is 2.12. The molecule has 0 aliphatic carbocycles. The van der Waals surface area contributed by atoms with Crippen LogP contribution in [0.25, 0.3) is 6.08 Å². The molecule has 4 nitrogen and oxygen atoms in total. The van der Waals surface area contributed by atoms with Gasteiger partial charge in [0.2, 0.25) is 0 Å². The van der Waals surface area contributed by atoms with Gasteiger partial charge in [-0.25, -0.2) is 0 Å². The predicted octanol–water partition coefficient (Wildman–Crippen LogP) is 3.31. The monoisotopic (exact) mass is 333 g/mol. The minimum absolute atomic E-state index is 0.110. The summed E-state index contributed by atoms with van der Waals surface area (Å²) in [5, 5.41) is 8.71. The van der Waals surface area contributed by atoms with Gasteiger partial charge in [0, 0.05) is 6.54 Å². The number of thioether (sulfide) groups is 1. The molecule has 1 aliphatic rings. The van der Waals surface area contributed by atoms with Gasteiger partial charge in [-0.1, -0.05) is 60.4 Å². The molecule has 0 bridgehead atoms. The number of carboxylic acids is 1. The van der Waals surface area contributed by atoms with E-state index in [1.807, 2.05) is 43.3 Å². The van der Waals surface area contributed by atoms with E-state index >= 15 is 0 Å². The molecule has 0 radical (unpaired) electrons. The lowest BCUT2D eigenvalue weighted by molar-refractivity contribution is -0.137. The Kier molecular flexibility index (Phi) is 5.51. The van der Waals surface area contributed by atoms with Gasteiger partial charge in [0.05, 0.1) is 11.3 Å². The zero-order valence-electron chi connectivity index (χ0n) is 12.0. The van der Waals surface area contributed by atoms with E-state index in [0.717, 1.165) is 11.1 Å². The number of thiocarbonyl (C=S) groups is 1. The van der Waals surface area contributed by atoms with Crippen LogP contribution in [-0.2, 0) is 9.59 Å². The Morgan fingerprint density at radius 1 is 1.36 bits per heavy atom. The van der Waals surface area contributed by atoms with Crippen LogP contribution in [0.4, 0.5) is 0 Å². The first-order valence-electron chi connectivity index (χ1n) is 6.68. The molecule has 1 aromatic rings. The highest BCUT2D eigenvalue weighted by Gasteiger charge is 2.31. The summed E-state index contributed by atoms with van der Waals surface area (Å²) >= 11 is 6.35. The summed E-state index contributed by atoms with van der Waals surface area (Å²) < 4.78 is 0.407. The van der Waals surface area contributed by atoms with Crippen LogP contribution in [0.5, 0.6) is 0 Å². The third-order valence-electron chi connectivity index (χ3n) is 2.98. The second-order valence-electron chi connectivity index (χ2n) is 4.78. The van der Waals surface area contributed by atoms with E-state index in [1.165, 1.54) is 16.7 Å². The lowest BCUT2D eigenvalue weighted by Crippen LogP contribution is -2.30. The Hall–Kier alpha value is -1.92. The van der Waals surface area contributed by atoms with Gasteiger partial charge in [-0.3, -0.25) is 14.5 Å². The fourth-order valence-electron chi connectivity index (χ4n) is 1.96. The molecule has 0 spiro atoms. The smallest absolute Gasteiger partial charge is 0.305 e. The maximum Gasteiger partial charge on any atom is 0.305 e. The molecule has 1 fully saturated rings. The standard InChI is InChI=1S/C16H15NO3S2/c1-11(9-12-5-3-2-4-6-12)10-13-15(20)17(16(21)22-13)8-7-14(18)19/h2-6,9-10H,7-8H2,1H3,(H,18,19)/b11-9+,13-10+. The number of allylic oxidation sites excluding steroid dienone is 2. The van der Waals surface area contributed by atoms with Crippen LogP contribution < -0.4 is 0 Å². The first-order chi connectivity index (χ1) is 10.5. The quantitative estimate of drug-likeness (QED) is 0.662. The lowest BCUT2D eigenvalue weighted by atomic mass is 10.1. The molecule has 1 aromatic carbocycles. The largest absolute Gasteiger partial charge is 0.481 e. The number of benzene rings is 1. The third kappa shape index (κ3) is 4.29. The van der Waals surface area contributed by atoms with E-state index in [9.17, 15) is 9.59 Å². The normalized spacial score (nSPS) is 17.4. The fourth-order valence-corrected chi connectivity index (χ4v) is 3.32. The molecular weight excluding hydrogens is 318 g/mol. The molecule has 0 atom stereocenters. The summed E-state index contributed by atoms with van der Waals surface area (Å²) in [5.74, 6) is -1.17. The molecule has 1 N–H and O–H groups in total. The first-order valence-corrected chi connectivity index (χ1v) is 7.90. The zero-order chi connectivity index (χ0) is 16.1. The second kappa shape index (κ2) is 7.38. The molecule has 0 unspecified atom stereocenters. The molecule has 1 aliphatic heterocycles. The summed E-state index contributed by atoms with van der Waals surface area (Å²) in [4.78, 5) is 24.7. The molecule has 114 valence electrons. The summed E-state index contributed by atoms with van der Waals surface area (Å²) in [6, 6.07) is 9.81. The second-order valence-corrected chi connectivity index (χ2v) is 6.45. The van der Waals surface area contributed by atoms with Crippen LogP contribution in [-0.4, -0.2) is 32.7 Å². The Labute approximate surface area is 138 Å². The van der Waals surface area contributed by atoms with Crippen molar-refractivity contribution in [1.29, 1.82) is 0 Å². The van der Waals surface area contributed by atoms with Crippen molar-refractivity contribution in [2.45, 2.75) is 13.3 Å². The van der Waals surface area contributed by atoms with Crippen molar-refractivity contribution in [3.8, 4) is 0 Å². The van der Waals surface area contributed by atoms with Gasteiger partial charge >= 0.3 is 5.97 Å². The van der Waals surface area contributed by atoms with Gasteiger partial charge in [-0.2, -0.15) is 0 Å². The summed E-state index contributed by atoms with van der Waals surface area (Å²) in [5.41, 5.74) is 1.99. The third-order valence-corrected chi connectivity index (χ3v) is 4.35. The highest BCUT2D eigenvalue weighted by molar-refractivity contribution is 8.26. The van der Waals surface area contributed by atoms with Gasteiger partial charge in [0.25, 0.3) is 5.91 Å². The SMILES string of the molecule is CC(=C\c1ccccc1)/C=C1/SC(=S)N(CCC(=O)O)C1=O. The number of amides is 1.